The largest absolute Gasteiger partial charge is 0.492 e. The second-order valence-corrected chi connectivity index (χ2v) is 3.25. The quantitative estimate of drug-likeness (QED) is 0.767. The normalized spacial score (nSPS) is 12.5. The van der Waals surface area contributed by atoms with E-state index in [9.17, 15) is 0 Å². The highest BCUT2D eigenvalue weighted by Gasteiger charge is 2.01. The molecule has 0 aliphatic heterocycles. The molecule has 1 aromatic carbocycles. The van der Waals surface area contributed by atoms with Gasteiger partial charge in [-0.3, -0.25) is 0 Å². The van der Waals surface area contributed by atoms with Crippen molar-refractivity contribution in [2.24, 2.45) is 5.73 Å². The topological polar surface area (TPSA) is 35.2 Å². The monoisotopic (exact) mass is 179 g/mol. The third kappa shape index (κ3) is 3.07. The second-order valence-electron chi connectivity index (χ2n) is 3.25. The Morgan fingerprint density at radius 2 is 2.08 bits per heavy atom. The summed E-state index contributed by atoms with van der Waals surface area (Å²) in [6.45, 7) is 4.64. The van der Waals surface area contributed by atoms with Gasteiger partial charge < -0.3 is 10.5 Å². The van der Waals surface area contributed by atoms with Crippen molar-refractivity contribution >= 4 is 0 Å². The molecule has 0 heterocycles. The first-order valence-corrected chi connectivity index (χ1v) is 4.70. The molecule has 1 rings (SSSR count). The van der Waals surface area contributed by atoms with Gasteiger partial charge in [-0.15, -0.1) is 0 Å². The lowest BCUT2D eigenvalue weighted by Crippen LogP contribution is -2.23. The van der Waals surface area contributed by atoms with Gasteiger partial charge in [0.1, 0.15) is 12.4 Å². The molecule has 0 fully saturated rings. The summed E-state index contributed by atoms with van der Waals surface area (Å²) < 4.78 is 5.56. The van der Waals surface area contributed by atoms with Crippen molar-refractivity contribution in [3.05, 3.63) is 29.8 Å². The molecule has 2 nitrogen and oxygen atoms in total. The molecule has 2 heteroatoms. The van der Waals surface area contributed by atoms with Gasteiger partial charge in [0, 0.05) is 6.04 Å². The van der Waals surface area contributed by atoms with Crippen molar-refractivity contribution in [2.45, 2.75) is 26.3 Å². The van der Waals surface area contributed by atoms with Gasteiger partial charge >= 0.3 is 0 Å². The minimum atomic E-state index is 0.0879. The Kier molecular flexibility index (Phi) is 3.77. The summed E-state index contributed by atoms with van der Waals surface area (Å²) in [6.07, 6.45) is 0.995. The van der Waals surface area contributed by atoms with Crippen molar-refractivity contribution in [1.82, 2.24) is 0 Å². The number of rotatable bonds is 4. The van der Waals surface area contributed by atoms with Crippen LogP contribution in [-0.2, 0) is 6.42 Å². The average Bonchev–Trinajstić information content (AvgIpc) is 2.15. The van der Waals surface area contributed by atoms with E-state index < -0.39 is 0 Å². The van der Waals surface area contributed by atoms with Crippen LogP contribution in [0.3, 0.4) is 0 Å². The van der Waals surface area contributed by atoms with Crippen LogP contribution in [0, 0.1) is 0 Å². The minimum Gasteiger partial charge on any atom is -0.492 e. The van der Waals surface area contributed by atoms with Gasteiger partial charge in [-0.1, -0.05) is 25.1 Å². The fourth-order valence-electron chi connectivity index (χ4n) is 1.16. The van der Waals surface area contributed by atoms with E-state index >= 15 is 0 Å². The first-order valence-electron chi connectivity index (χ1n) is 4.70. The summed E-state index contributed by atoms with van der Waals surface area (Å²) in [6, 6.07) is 8.16. The Morgan fingerprint density at radius 3 is 2.69 bits per heavy atom. The van der Waals surface area contributed by atoms with E-state index in [1.807, 2.05) is 25.1 Å². The van der Waals surface area contributed by atoms with Crippen molar-refractivity contribution in [2.75, 3.05) is 6.61 Å². The number of para-hydroxylation sites is 1. The molecule has 13 heavy (non-hydrogen) atoms. The Labute approximate surface area is 79.7 Å². The predicted octanol–water partition coefficient (Wildman–Crippen LogP) is 1.97. The van der Waals surface area contributed by atoms with Crippen LogP contribution in [0.2, 0.25) is 0 Å². The highest BCUT2D eigenvalue weighted by molar-refractivity contribution is 5.33. The van der Waals surface area contributed by atoms with Crippen LogP contribution >= 0.6 is 0 Å². The molecule has 2 N–H and O–H groups in total. The Bertz CT molecular complexity index is 258. The molecular formula is C11H17NO. The average molecular weight is 179 g/mol. The van der Waals surface area contributed by atoms with Crippen molar-refractivity contribution in [1.29, 1.82) is 0 Å². The van der Waals surface area contributed by atoms with Crippen LogP contribution in [0.4, 0.5) is 0 Å². The van der Waals surface area contributed by atoms with Crippen LogP contribution in [-0.4, -0.2) is 12.6 Å². The van der Waals surface area contributed by atoms with Crippen LogP contribution in [0.1, 0.15) is 19.4 Å². The SMILES string of the molecule is CCc1ccccc1OC[C@H](C)N. The molecule has 72 valence electrons. The van der Waals surface area contributed by atoms with Gasteiger partial charge in [0.05, 0.1) is 0 Å². The summed E-state index contributed by atoms with van der Waals surface area (Å²) >= 11 is 0. The zero-order valence-electron chi connectivity index (χ0n) is 8.29. The van der Waals surface area contributed by atoms with Gasteiger partial charge in [-0.05, 0) is 25.0 Å². The van der Waals surface area contributed by atoms with Crippen LogP contribution in [0.5, 0.6) is 5.75 Å². The summed E-state index contributed by atoms with van der Waals surface area (Å²) in [5.41, 5.74) is 6.85. The lowest BCUT2D eigenvalue weighted by Gasteiger charge is -2.11. The summed E-state index contributed by atoms with van der Waals surface area (Å²) in [5, 5.41) is 0. The Balaban J connectivity index is 2.64. The van der Waals surface area contributed by atoms with E-state index in [-0.39, 0.29) is 6.04 Å². The standard InChI is InChI=1S/C11H17NO/c1-3-10-6-4-5-7-11(10)13-8-9(2)12/h4-7,9H,3,8,12H2,1-2H3/t9-/m0/s1. The first kappa shape index (κ1) is 10.1. The number of benzene rings is 1. The zero-order chi connectivity index (χ0) is 9.68. The Morgan fingerprint density at radius 1 is 1.38 bits per heavy atom. The smallest absolute Gasteiger partial charge is 0.122 e. The molecular weight excluding hydrogens is 162 g/mol. The van der Waals surface area contributed by atoms with Gasteiger partial charge in [0.15, 0.2) is 0 Å². The molecule has 1 atom stereocenters. The van der Waals surface area contributed by atoms with E-state index in [2.05, 4.69) is 13.0 Å². The van der Waals surface area contributed by atoms with Crippen LogP contribution < -0.4 is 10.5 Å². The first-order chi connectivity index (χ1) is 6.24. The van der Waals surface area contributed by atoms with E-state index in [4.69, 9.17) is 10.5 Å². The molecule has 0 saturated heterocycles. The molecule has 0 unspecified atom stereocenters. The van der Waals surface area contributed by atoms with E-state index in [0.717, 1.165) is 12.2 Å². The van der Waals surface area contributed by atoms with Crippen LogP contribution in [0.25, 0.3) is 0 Å². The van der Waals surface area contributed by atoms with Crippen molar-refractivity contribution in [3.63, 3.8) is 0 Å². The lowest BCUT2D eigenvalue weighted by atomic mass is 10.1. The molecule has 0 amide bonds. The zero-order valence-corrected chi connectivity index (χ0v) is 8.29. The number of ether oxygens (including phenoxy) is 1. The fourth-order valence-corrected chi connectivity index (χ4v) is 1.16. The maximum absolute atomic E-state index is 5.61. The molecule has 1 aromatic rings. The minimum absolute atomic E-state index is 0.0879. The third-order valence-electron chi connectivity index (χ3n) is 1.86. The molecule has 0 aromatic heterocycles. The van der Waals surface area contributed by atoms with Gasteiger partial charge in [0.2, 0.25) is 0 Å². The van der Waals surface area contributed by atoms with Gasteiger partial charge in [-0.2, -0.15) is 0 Å². The Hall–Kier alpha value is -1.02. The number of hydrogen-bond acceptors (Lipinski definition) is 2. The second kappa shape index (κ2) is 4.87. The molecule has 0 radical (unpaired) electrons. The molecule has 0 spiro atoms. The highest BCUT2D eigenvalue weighted by atomic mass is 16.5. The highest BCUT2D eigenvalue weighted by Crippen LogP contribution is 2.17. The van der Waals surface area contributed by atoms with E-state index in [0.29, 0.717) is 6.61 Å². The molecule has 0 bridgehead atoms. The summed E-state index contributed by atoms with van der Waals surface area (Å²) in [4.78, 5) is 0. The molecule has 0 saturated carbocycles. The molecule has 0 aliphatic rings. The maximum atomic E-state index is 5.61. The maximum Gasteiger partial charge on any atom is 0.122 e. The molecule has 0 aliphatic carbocycles. The lowest BCUT2D eigenvalue weighted by molar-refractivity contribution is 0.293. The van der Waals surface area contributed by atoms with Gasteiger partial charge in [0.25, 0.3) is 0 Å². The van der Waals surface area contributed by atoms with Crippen molar-refractivity contribution < 1.29 is 4.74 Å². The third-order valence-corrected chi connectivity index (χ3v) is 1.86. The number of nitrogens with two attached hydrogens (primary N) is 1. The van der Waals surface area contributed by atoms with Crippen LogP contribution in [0.15, 0.2) is 24.3 Å². The predicted molar refractivity (Wildman–Crippen MR) is 55.0 cm³/mol. The summed E-state index contributed by atoms with van der Waals surface area (Å²) in [7, 11) is 0. The fraction of sp³-hybridized carbons (Fsp3) is 0.455. The van der Waals surface area contributed by atoms with E-state index in [1.54, 1.807) is 0 Å². The van der Waals surface area contributed by atoms with Crippen molar-refractivity contribution in [3.8, 4) is 5.75 Å². The summed E-state index contributed by atoms with van der Waals surface area (Å²) in [5.74, 6) is 0.960. The number of aryl methyl sites for hydroxylation is 1. The number of hydrogen-bond donors (Lipinski definition) is 1. The van der Waals surface area contributed by atoms with E-state index in [1.165, 1.54) is 5.56 Å². The van der Waals surface area contributed by atoms with Gasteiger partial charge in [-0.25, -0.2) is 0 Å².